The highest BCUT2D eigenvalue weighted by molar-refractivity contribution is 5.94. The lowest BCUT2D eigenvalue weighted by Gasteiger charge is -2.11. The minimum absolute atomic E-state index is 0.0246. The summed E-state index contributed by atoms with van der Waals surface area (Å²) in [4.78, 5) is 12.0. The van der Waals surface area contributed by atoms with Crippen LogP contribution in [0.1, 0.15) is 28.8 Å². The Balaban J connectivity index is 1.89. The van der Waals surface area contributed by atoms with E-state index >= 15 is 0 Å². The van der Waals surface area contributed by atoms with Crippen LogP contribution in [-0.2, 0) is 11.3 Å². The van der Waals surface area contributed by atoms with Crippen molar-refractivity contribution in [1.29, 1.82) is 0 Å². The molecular weight excluding hydrogens is 228 g/mol. The number of hydrogen-bond acceptors (Lipinski definition) is 3. The van der Waals surface area contributed by atoms with Crippen molar-refractivity contribution in [1.82, 2.24) is 10.6 Å². The SMILES string of the molecule is CNCc1cccc(C(=O)NC[C@H]2CCCO2)c1. The second kappa shape index (κ2) is 6.52. The van der Waals surface area contributed by atoms with Gasteiger partial charge in [-0.05, 0) is 37.6 Å². The van der Waals surface area contributed by atoms with Crippen LogP contribution in [0.3, 0.4) is 0 Å². The van der Waals surface area contributed by atoms with E-state index in [9.17, 15) is 4.79 Å². The predicted molar refractivity (Wildman–Crippen MR) is 70.5 cm³/mol. The van der Waals surface area contributed by atoms with Crippen molar-refractivity contribution in [2.45, 2.75) is 25.5 Å². The number of amides is 1. The van der Waals surface area contributed by atoms with Crippen LogP contribution >= 0.6 is 0 Å². The fraction of sp³-hybridized carbons (Fsp3) is 0.500. The second-order valence-corrected chi connectivity index (χ2v) is 4.58. The zero-order valence-electron chi connectivity index (χ0n) is 10.7. The molecule has 1 aromatic rings. The average molecular weight is 248 g/mol. The highest BCUT2D eigenvalue weighted by Gasteiger charge is 2.16. The summed E-state index contributed by atoms with van der Waals surface area (Å²) in [5.41, 5.74) is 1.82. The van der Waals surface area contributed by atoms with E-state index in [1.807, 2.05) is 31.3 Å². The molecule has 1 amide bonds. The maximum Gasteiger partial charge on any atom is 0.251 e. The summed E-state index contributed by atoms with van der Waals surface area (Å²) in [6.07, 6.45) is 2.33. The van der Waals surface area contributed by atoms with Crippen molar-refractivity contribution in [3.05, 3.63) is 35.4 Å². The molecule has 18 heavy (non-hydrogen) atoms. The lowest BCUT2D eigenvalue weighted by atomic mass is 10.1. The maximum atomic E-state index is 12.0. The molecule has 0 aromatic heterocycles. The number of hydrogen-bond donors (Lipinski definition) is 2. The summed E-state index contributed by atoms with van der Waals surface area (Å²) in [5, 5.41) is 6.00. The van der Waals surface area contributed by atoms with Crippen molar-refractivity contribution in [3.63, 3.8) is 0 Å². The Labute approximate surface area is 108 Å². The van der Waals surface area contributed by atoms with Gasteiger partial charge >= 0.3 is 0 Å². The number of nitrogens with one attached hydrogen (secondary N) is 2. The number of carbonyl (C=O) groups excluding carboxylic acids is 1. The highest BCUT2D eigenvalue weighted by Crippen LogP contribution is 2.11. The van der Waals surface area contributed by atoms with Crippen LogP contribution in [0.2, 0.25) is 0 Å². The average Bonchev–Trinajstić information content (AvgIpc) is 2.90. The third kappa shape index (κ3) is 3.55. The molecule has 1 heterocycles. The fourth-order valence-corrected chi connectivity index (χ4v) is 2.14. The van der Waals surface area contributed by atoms with Crippen LogP contribution in [0.4, 0.5) is 0 Å². The van der Waals surface area contributed by atoms with Gasteiger partial charge in [-0.1, -0.05) is 12.1 Å². The van der Waals surface area contributed by atoms with Crippen LogP contribution in [-0.4, -0.2) is 32.2 Å². The zero-order chi connectivity index (χ0) is 12.8. The van der Waals surface area contributed by atoms with E-state index in [0.29, 0.717) is 12.1 Å². The molecule has 2 rings (SSSR count). The lowest BCUT2D eigenvalue weighted by molar-refractivity contribution is 0.0857. The van der Waals surface area contributed by atoms with E-state index in [-0.39, 0.29) is 12.0 Å². The van der Waals surface area contributed by atoms with E-state index in [4.69, 9.17) is 4.74 Å². The van der Waals surface area contributed by atoms with E-state index < -0.39 is 0 Å². The summed E-state index contributed by atoms with van der Waals surface area (Å²) in [5.74, 6) is -0.0246. The quantitative estimate of drug-likeness (QED) is 0.826. The molecular formula is C14H20N2O2. The largest absolute Gasteiger partial charge is 0.376 e. The van der Waals surface area contributed by atoms with Gasteiger partial charge in [-0.2, -0.15) is 0 Å². The third-order valence-corrected chi connectivity index (χ3v) is 3.08. The minimum atomic E-state index is -0.0246. The molecule has 1 atom stereocenters. The lowest BCUT2D eigenvalue weighted by Crippen LogP contribution is -2.31. The van der Waals surface area contributed by atoms with Crippen molar-refractivity contribution in [2.24, 2.45) is 0 Å². The van der Waals surface area contributed by atoms with Gasteiger partial charge in [0.15, 0.2) is 0 Å². The first-order valence-corrected chi connectivity index (χ1v) is 6.43. The van der Waals surface area contributed by atoms with E-state index in [0.717, 1.165) is 31.6 Å². The van der Waals surface area contributed by atoms with Crippen LogP contribution in [0.15, 0.2) is 24.3 Å². The molecule has 98 valence electrons. The molecule has 0 spiro atoms. The minimum Gasteiger partial charge on any atom is -0.376 e. The van der Waals surface area contributed by atoms with E-state index in [1.165, 1.54) is 0 Å². The molecule has 4 nitrogen and oxygen atoms in total. The Morgan fingerprint density at radius 1 is 1.50 bits per heavy atom. The van der Waals surface area contributed by atoms with Crippen molar-refractivity contribution in [2.75, 3.05) is 20.2 Å². The normalized spacial score (nSPS) is 18.8. The molecule has 1 aliphatic heterocycles. The molecule has 2 N–H and O–H groups in total. The highest BCUT2D eigenvalue weighted by atomic mass is 16.5. The molecule has 0 radical (unpaired) electrons. The summed E-state index contributed by atoms with van der Waals surface area (Å²) < 4.78 is 5.48. The predicted octanol–water partition coefficient (Wildman–Crippen LogP) is 1.31. The summed E-state index contributed by atoms with van der Waals surface area (Å²) in [7, 11) is 1.89. The summed E-state index contributed by atoms with van der Waals surface area (Å²) >= 11 is 0. The first-order valence-electron chi connectivity index (χ1n) is 6.43. The van der Waals surface area contributed by atoms with Gasteiger partial charge in [0.05, 0.1) is 6.10 Å². The molecule has 0 unspecified atom stereocenters. The Kier molecular flexibility index (Phi) is 4.73. The molecule has 1 aromatic carbocycles. The van der Waals surface area contributed by atoms with Gasteiger partial charge in [0.25, 0.3) is 5.91 Å². The first kappa shape index (κ1) is 13.1. The Morgan fingerprint density at radius 2 is 2.39 bits per heavy atom. The summed E-state index contributed by atoms with van der Waals surface area (Å²) in [6.45, 7) is 2.19. The van der Waals surface area contributed by atoms with Crippen LogP contribution in [0.5, 0.6) is 0 Å². The van der Waals surface area contributed by atoms with Crippen LogP contribution in [0.25, 0.3) is 0 Å². The summed E-state index contributed by atoms with van der Waals surface area (Å²) in [6, 6.07) is 7.67. The molecule has 0 aliphatic carbocycles. The molecule has 1 aliphatic rings. The number of benzene rings is 1. The van der Waals surface area contributed by atoms with Crippen molar-refractivity contribution < 1.29 is 9.53 Å². The fourth-order valence-electron chi connectivity index (χ4n) is 2.14. The van der Waals surface area contributed by atoms with E-state index in [2.05, 4.69) is 10.6 Å². The molecule has 0 saturated carbocycles. The molecule has 1 fully saturated rings. The van der Waals surface area contributed by atoms with Crippen molar-refractivity contribution >= 4 is 5.91 Å². The van der Waals surface area contributed by atoms with Gasteiger partial charge in [-0.25, -0.2) is 0 Å². The smallest absolute Gasteiger partial charge is 0.251 e. The Hall–Kier alpha value is -1.39. The second-order valence-electron chi connectivity index (χ2n) is 4.58. The monoisotopic (exact) mass is 248 g/mol. The third-order valence-electron chi connectivity index (χ3n) is 3.08. The van der Waals surface area contributed by atoms with Crippen LogP contribution in [0, 0.1) is 0 Å². The van der Waals surface area contributed by atoms with Gasteiger partial charge in [-0.15, -0.1) is 0 Å². The van der Waals surface area contributed by atoms with Gasteiger partial charge in [0.2, 0.25) is 0 Å². The number of ether oxygens (including phenoxy) is 1. The van der Waals surface area contributed by atoms with Gasteiger partial charge in [0, 0.05) is 25.3 Å². The number of rotatable bonds is 5. The van der Waals surface area contributed by atoms with E-state index in [1.54, 1.807) is 0 Å². The molecule has 4 heteroatoms. The van der Waals surface area contributed by atoms with Gasteiger partial charge < -0.3 is 15.4 Å². The molecule has 0 bridgehead atoms. The topological polar surface area (TPSA) is 50.4 Å². The Bertz CT molecular complexity index is 401. The van der Waals surface area contributed by atoms with Gasteiger partial charge in [0.1, 0.15) is 0 Å². The zero-order valence-corrected chi connectivity index (χ0v) is 10.7. The maximum absolute atomic E-state index is 12.0. The molecule has 1 saturated heterocycles. The Morgan fingerprint density at radius 3 is 3.11 bits per heavy atom. The van der Waals surface area contributed by atoms with Crippen molar-refractivity contribution in [3.8, 4) is 0 Å². The van der Waals surface area contributed by atoms with Crippen LogP contribution < -0.4 is 10.6 Å². The number of carbonyl (C=O) groups is 1. The standard InChI is InChI=1S/C14H20N2O2/c1-15-9-11-4-2-5-12(8-11)14(17)16-10-13-6-3-7-18-13/h2,4-5,8,13,15H,3,6-7,9-10H2,1H3,(H,16,17)/t13-/m1/s1. The van der Waals surface area contributed by atoms with Gasteiger partial charge in [-0.3, -0.25) is 4.79 Å². The first-order chi connectivity index (χ1) is 8.79.